The van der Waals surface area contributed by atoms with Crippen LogP contribution in [0, 0.1) is 11.3 Å². The number of hydrogen-bond acceptors (Lipinski definition) is 5. The molecule has 1 aromatic carbocycles. The smallest absolute Gasteiger partial charge is 0.415 e. The van der Waals surface area contributed by atoms with Gasteiger partial charge in [0, 0.05) is 17.4 Å². The number of nitrogens with one attached hydrogen (secondary N) is 1. The molecular formula is C21H20N6O3. The van der Waals surface area contributed by atoms with Crippen molar-refractivity contribution in [2.75, 3.05) is 18.0 Å². The molecular weight excluding hydrogens is 384 g/mol. The van der Waals surface area contributed by atoms with Gasteiger partial charge in [-0.1, -0.05) is 18.2 Å². The highest BCUT2D eigenvalue weighted by Gasteiger charge is 2.41. The largest absolute Gasteiger partial charge is 0.441 e. The van der Waals surface area contributed by atoms with Crippen molar-refractivity contribution >= 4 is 28.6 Å². The number of anilines is 1. The summed E-state index contributed by atoms with van der Waals surface area (Å²) in [6.07, 6.45) is 1.23. The van der Waals surface area contributed by atoms with Gasteiger partial charge in [0.25, 0.3) is 5.91 Å². The highest BCUT2D eigenvalue weighted by molar-refractivity contribution is 6.02. The topological polar surface area (TPSA) is 107 Å². The molecule has 0 aliphatic carbocycles. The van der Waals surface area contributed by atoms with Crippen LogP contribution in [0.4, 0.5) is 10.5 Å². The maximum atomic E-state index is 13.3. The molecule has 9 nitrogen and oxygen atoms in total. The zero-order valence-corrected chi connectivity index (χ0v) is 16.7. The van der Waals surface area contributed by atoms with E-state index in [1.807, 2.05) is 42.8 Å². The number of H-pyrrole nitrogens is 1. The van der Waals surface area contributed by atoms with E-state index in [4.69, 9.17) is 4.74 Å². The van der Waals surface area contributed by atoms with Crippen LogP contribution < -0.4 is 4.90 Å². The number of aromatic nitrogens is 3. The number of nitriles is 1. The summed E-state index contributed by atoms with van der Waals surface area (Å²) >= 11 is 0. The van der Waals surface area contributed by atoms with Gasteiger partial charge in [-0.3, -0.25) is 14.4 Å². The van der Waals surface area contributed by atoms with Crippen LogP contribution in [0.25, 0.3) is 10.9 Å². The number of para-hydroxylation sites is 1. The molecule has 1 fully saturated rings. The number of benzene rings is 1. The first-order valence-electron chi connectivity index (χ1n) is 9.73. The number of nitrogens with zero attached hydrogens (tertiary/aromatic N) is 5. The molecule has 0 unspecified atom stereocenters. The Balaban J connectivity index is 1.47. The van der Waals surface area contributed by atoms with E-state index in [2.05, 4.69) is 16.2 Å². The van der Waals surface area contributed by atoms with Crippen molar-refractivity contribution in [1.82, 2.24) is 19.7 Å². The average Bonchev–Trinajstić information content (AvgIpc) is 3.38. The fourth-order valence-corrected chi connectivity index (χ4v) is 4.16. The first kappa shape index (κ1) is 18.2. The Morgan fingerprint density at radius 3 is 2.83 bits per heavy atom. The molecule has 9 heteroatoms. The number of rotatable bonds is 2. The lowest BCUT2D eigenvalue weighted by Crippen LogP contribution is -2.40. The van der Waals surface area contributed by atoms with E-state index < -0.39 is 11.7 Å². The standard InChI is InChI=1S/C21H20N6O3/c1-21(2)12-26(20(29)30-21)16-10-23-27-8-7-25(11-17(16)27)19(28)18-14(9-22)13-5-3-4-6-15(13)24-18/h3-6,10,24H,7-8,11-12H2,1-2H3. The molecule has 0 saturated carbocycles. The van der Waals surface area contributed by atoms with Crippen LogP contribution in [-0.2, 0) is 17.8 Å². The minimum Gasteiger partial charge on any atom is -0.441 e. The van der Waals surface area contributed by atoms with Gasteiger partial charge in [-0.2, -0.15) is 10.4 Å². The van der Waals surface area contributed by atoms with E-state index in [1.165, 1.54) is 0 Å². The number of aromatic amines is 1. The van der Waals surface area contributed by atoms with Gasteiger partial charge in [0.15, 0.2) is 0 Å². The van der Waals surface area contributed by atoms with Crippen molar-refractivity contribution in [1.29, 1.82) is 5.26 Å². The second-order valence-corrected chi connectivity index (χ2v) is 8.17. The quantitative estimate of drug-likeness (QED) is 0.706. The third kappa shape index (κ3) is 2.72. The van der Waals surface area contributed by atoms with E-state index in [0.717, 1.165) is 16.6 Å². The molecule has 2 aliphatic rings. The Labute approximate surface area is 172 Å². The normalized spacial score (nSPS) is 17.7. The number of ether oxygens (including phenoxy) is 1. The van der Waals surface area contributed by atoms with Gasteiger partial charge >= 0.3 is 6.09 Å². The monoisotopic (exact) mass is 404 g/mol. The molecule has 0 spiro atoms. The number of cyclic esters (lactones) is 1. The molecule has 0 radical (unpaired) electrons. The van der Waals surface area contributed by atoms with Crippen LogP contribution in [0.5, 0.6) is 0 Å². The zero-order chi connectivity index (χ0) is 21.0. The summed E-state index contributed by atoms with van der Waals surface area (Å²) < 4.78 is 7.23. The number of fused-ring (bicyclic) bond motifs is 2. The summed E-state index contributed by atoms with van der Waals surface area (Å²) in [5, 5.41) is 14.7. The summed E-state index contributed by atoms with van der Waals surface area (Å²) in [4.78, 5) is 32.0. The summed E-state index contributed by atoms with van der Waals surface area (Å²) in [6, 6.07) is 9.53. The number of amides is 2. The summed E-state index contributed by atoms with van der Waals surface area (Å²) in [5.74, 6) is -0.245. The second kappa shape index (κ2) is 6.35. The van der Waals surface area contributed by atoms with E-state index in [1.54, 1.807) is 16.0 Å². The van der Waals surface area contributed by atoms with Crippen LogP contribution in [-0.4, -0.2) is 50.4 Å². The van der Waals surface area contributed by atoms with Crippen LogP contribution in [0.2, 0.25) is 0 Å². The third-order valence-corrected chi connectivity index (χ3v) is 5.58. The molecule has 4 heterocycles. The van der Waals surface area contributed by atoms with Crippen molar-refractivity contribution in [2.24, 2.45) is 0 Å². The van der Waals surface area contributed by atoms with Crippen LogP contribution >= 0.6 is 0 Å². The van der Waals surface area contributed by atoms with Gasteiger partial charge in [-0.15, -0.1) is 0 Å². The van der Waals surface area contributed by atoms with Gasteiger partial charge < -0.3 is 14.6 Å². The van der Waals surface area contributed by atoms with Gasteiger partial charge in [0.05, 0.1) is 42.8 Å². The van der Waals surface area contributed by atoms with Gasteiger partial charge in [-0.25, -0.2) is 4.79 Å². The molecule has 3 aromatic rings. The molecule has 30 heavy (non-hydrogen) atoms. The molecule has 0 atom stereocenters. The average molecular weight is 404 g/mol. The van der Waals surface area contributed by atoms with E-state index in [0.29, 0.717) is 37.4 Å². The maximum absolute atomic E-state index is 13.3. The maximum Gasteiger partial charge on any atom is 0.415 e. The van der Waals surface area contributed by atoms with Crippen molar-refractivity contribution in [3.63, 3.8) is 0 Å². The highest BCUT2D eigenvalue weighted by atomic mass is 16.6. The molecule has 2 amide bonds. The molecule has 5 rings (SSSR count). The molecule has 1 N–H and O–H groups in total. The Hall–Kier alpha value is -3.80. The highest BCUT2D eigenvalue weighted by Crippen LogP contribution is 2.32. The zero-order valence-electron chi connectivity index (χ0n) is 16.7. The van der Waals surface area contributed by atoms with Gasteiger partial charge in [-0.05, 0) is 19.9 Å². The summed E-state index contributed by atoms with van der Waals surface area (Å²) in [6.45, 7) is 5.39. The first-order chi connectivity index (χ1) is 14.4. The van der Waals surface area contributed by atoms with Crippen LogP contribution in [0.1, 0.15) is 35.6 Å². The fourth-order valence-electron chi connectivity index (χ4n) is 4.16. The Morgan fingerprint density at radius 1 is 1.30 bits per heavy atom. The lowest BCUT2D eigenvalue weighted by Gasteiger charge is -2.29. The molecule has 2 aliphatic heterocycles. The van der Waals surface area contributed by atoms with Crippen LogP contribution in [0.3, 0.4) is 0 Å². The summed E-state index contributed by atoms with van der Waals surface area (Å²) in [5.41, 5.74) is 2.23. The first-order valence-corrected chi connectivity index (χ1v) is 9.73. The van der Waals surface area contributed by atoms with E-state index >= 15 is 0 Å². The minimum absolute atomic E-state index is 0.245. The minimum atomic E-state index is -0.581. The number of carbonyl (C=O) groups excluding carboxylic acids is 2. The van der Waals surface area contributed by atoms with Crippen molar-refractivity contribution in [3.05, 3.63) is 47.4 Å². The predicted molar refractivity (Wildman–Crippen MR) is 108 cm³/mol. The second-order valence-electron chi connectivity index (χ2n) is 8.17. The SMILES string of the molecule is CC1(C)CN(c2cnn3c2CN(C(=O)c2[nH]c4ccccc4c2C#N)CC3)C(=O)O1. The lowest BCUT2D eigenvalue weighted by molar-refractivity contribution is 0.0701. The van der Waals surface area contributed by atoms with Crippen molar-refractivity contribution in [3.8, 4) is 6.07 Å². The molecule has 1 saturated heterocycles. The number of carbonyl (C=O) groups is 2. The van der Waals surface area contributed by atoms with Gasteiger partial charge in [0.2, 0.25) is 0 Å². The predicted octanol–water partition coefficient (Wildman–Crippen LogP) is 2.63. The fraction of sp³-hybridized carbons (Fsp3) is 0.333. The third-order valence-electron chi connectivity index (χ3n) is 5.58. The van der Waals surface area contributed by atoms with Crippen molar-refractivity contribution in [2.45, 2.75) is 32.5 Å². The molecule has 2 aromatic heterocycles. The summed E-state index contributed by atoms with van der Waals surface area (Å²) in [7, 11) is 0. The Bertz CT molecular complexity index is 1230. The molecule has 0 bridgehead atoms. The van der Waals surface area contributed by atoms with E-state index in [9.17, 15) is 14.9 Å². The number of hydrogen-bond donors (Lipinski definition) is 1. The van der Waals surface area contributed by atoms with E-state index in [-0.39, 0.29) is 11.6 Å². The molecule has 152 valence electrons. The van der Waals surface area contributed by atoms with Crippen molar-refractivity contribution < 1.29 is 14.3 Å². The Kier molecular flexibility index (Phi) is 3.86. The Morgan fingerprint density at radius 2 is 2.10 bits per heavy atom. The lowest BCUT2D eigenvalue weighted by atomic mass is 10.1. The van der Waals surface area contributed by atoms with Crippen LogP contribution in [0.15, 0.2) is 30.5 Å². The van der Waals surface area contributed by atoms with Gasteiger partial charge in [0.1, 0.15) is 17.4 Å².